The summed E-state index contributed by atoms with van der Waals surface area (Å²) in [5.74, 6) is 1.80. The van der Waals surface area contributed by atoms with E-state index in [9.17, 15) is 4.79 Å². The highest BCUT2D eigenvalue weighted by atomic mass is 16.5. The molecule has 1 saturated carbocycles. The molecule has 0 aliphatic heterocycles. The van der Waals surface area contributed by atoms with E-state index >= 15 is 0 Å². The molecule has 1 aromatic rings. The molecule has 2 heteroatoms. The molecule has 0 saturated heterocycles. The van der Waals surface area contributed by atoms with Gasteiger partial charge in [0.15, 0.2) is 0 Å². The maximum Gasteiger partial charge on any atom is 0.140 e. The summed E-state index contributed by atoms with van der Waals surface area (Å²) in [7, 11) is 1.66. The molecular weight excluding hydrogens is 200 g/mol. The van der Waals surface area contributed by atoms with Gasteiger partial charge in [0.2, 0.25) is 0 Å². The molecule has 1 unspecified atom stereocenters. The van der Waals surface area contributed by atoms with Crippen LogP contribution in [0.3, 0.4) is 0 Å². The maximum absolute atomic E-state index is 11.9. The van der Waals surface area contributed by atoms with E-state index in [0.29, 0.717) is 11.7 Å². The van der Waals surface area contributed by atoms with Crippen LogP contribution in [-0.4, -0.2) is 12.9 Å². The van der Waals surface area contributed by atoms with Crippen LogP contribution in [0.4, 0.5) is 0 Å². The molecule has 1 fully saturated rings. The van der Waals surface area contributed by atoms with Gasteiger partial charge in [-0.3, -0.25) is 4.79 Å². The minimum atomic E-state index is 0.0969. The molecule has 1 aliphatic rings. The van der Waals surface area contributed by atoms with E-state index in [1.165, 1.54) is 0 Å². The molecule has 0 aromatic heterocycles. The monoisotopic (exact) mass is 218 g/mol. The van der Waals surface area contributed by atoms with Gasteiger partial charge >= 0.3 is 0 Å². The summed E-state index contributed by atoms with van der Waals surface area (Å²) in [4.78, 5) is 11.9. The van der Waals surface area contributed by atoms with Gasteiger partial charge in [-0.2, -0.15) is 0 Å². The van der Waals surface area contributed by atoms with E-state index in [1.54, 1.807) is 7.11 Å². The Kier molecular flexibility index (Phi) is 3.28. The Balaban J connectivity index is 2.23. The summed E-state index contributed by atoms with van der Waals surface area (Å²) in [6, 6.07) is 7.90. The van der Waals surface area contributed by atoms with Crippen LogP contribution in [0, 0.1) is 5.92 Å². The van der Waals surface area contributed by atoms with Crippen LogP contribution >= 0.6 is 0 Å². The molecular formula is C14H18O2. The van der Waals surface area contributed by atoms with Crippen molar-refractivity contribution in [3.8, 4) is 5.75 Å². The number of hydrogen-bond acceptors (Lipinski definition) is 2. The quantitative estimate of drug-likeness (QED) is 0.762. The first-order valence-corrected chi connectivity index (χ1v) is 5.89. The van der Waals surface area contributed by atoms with Gasteiger partial charge in [0.25, 0.3) is 0 Å². The van der Waals surface area contributed by atoms with Gasteiger partial charge in [-0.15, -0.1) is 0 Å². The van der Waals surface area contributed by atoms with Crippen LogP contribution in [0.5, 0.6) is 5.75 Å². The third-order valence-corrected chi connectivity index (χ3v) is 3.47. The number of rotatable bonds is 2. The molecule has 0 bridgehead atoms. The number of hydrogen-bond donors (Lipinski definition) is 0. The fourth-order valence-corrected chi connectivity index (χ4v) is 2.56. The van der Waals surface area contributed by atoms with Crippen LogP contribution in [0.15, 0.2) is 24.3 Å². The van der Waals surface area contributed by atoms with Gasteiger partial charge in [0.05, 0.1) is 7.11 Å². The lowest BCUT2D eigenvalue weighted by Crippen LogP contribution is -2.24. The fraction of sp³-hybridized carbons (Fsp3) is 0.500. The number of carbonyl (C=O) groups excluding carboxylic acids is 1. The van der Waals surface area contributed by atoms with Gasteiger partial charge in [-0.25, -0.2) is 0 Å². The second-order valence-corrected chi connectivity index (χ2v) is 4.59. The molecule has 2 atom stereocenters. The summed E-state index contributed by atoms with van der Waals surface area (Å²) in [6.07, 6.45) is 2.94. The third-order valence-electron chi connectivity index (χ3n) is 3.47. The molecule has 0 amide bonds. The Hall–Kier alpha value is -1.31. The van der Waals surface area contributed by atoms with E-state index in [-0.39, 0.29) is 5.92 Å². The van der Waals surface area contributed by atoms with Crippen LogP contribution < -0.4 is 4.74 Å². The fourth-order valence-electron chi connectivity index (χ4n) is 2.56. The molecule has 0 heterocycles. The molecule has 86 valence electrons. The van der Waals surface area contributed by atoms with Crippen molar-refractivity contribution in [2.45, 2.75) is 32.1 Å². The SMILES string of the molecule is COc1ccc(C2C(=O)CCC[C@@H]2C)cc1. The highest BCUT2D eigenvalue weighted by Gasteiger charge is 2.29. The standard InChI is InChI=1S/C14H18O2/c1-10-4-3-5-13(15)14(10)11-6-8-12(16-2)9-7-11/h6-10,14H,3-5H2,1-2H3/t10-,14?/m0/s1. The van der Waals surface area contributed by atoms with Crippen molar-refractivity contribution >= 4 is 5.78 Å². The molecule has 1 aliphatic carbocycles. The van der Waals surface area contributed by atoms with Crippen molar-refractivity contribution in [2.24, 2.45) is 5.92 Å². The van der Waals surface area contributed by atoms with Crippen molar-refractivity contribution in [3.63, 3.8) is 0 Å². The highest BCUT2D eigenvalue weighted by molar-refractivity contribution is 5.86. The average Bonchev–Trinajstić information content (AvgIpc) is 2.30. The smallest absolute Gasteiger partial charge is 0.140 e. The van der Waals surface area contributed by atoms with Crippen molar-refractivity contribution in [1.29, 1.82) is 0 Å². The summed E-state index contributed by atoms with van der Waals surface area (Å²) in [5.41, 5.74) is 1.14. The number of benzene rings is 1. The molecule has 0 radical (unpaired) electrons. The topological polar surface area (TPSA) is 26.3 Å². The molecule has 0 spiro atoms. The predicted molar refractivity (Wildman–Crippen MR) is 63.8 cm³/mol. The van der Waals surface area contributed by atoms with Gasteiger partial charge in [-0.05, 0) is 36.5 Å². The van der Waals surface area contributed by atoms with Crippen molar-refractivity contribution in [2.75, 3.05) is 7.11 Å². The Labute approximate surface area is 96.6 Å². The largest absolute Gasteiger partial charge is 0.497 e. The number of methoxy groups -OCH3 is 1. The average molecular weight is 218 g/mol. The summed E-state index contributed by atoms with van der Waals surface area (Å²) in [6.45, 7) is 2.17. The zero-order valence-corrected chi connectivity index (χ0v) is 9.90. The van der Waals surface area contributed by atoms with Crippen molar-refractivity contribution in [3.05, 3.63) is 29.8 Å². The Bertz CT molecular complexity index is 367. The zero-order chi connectivity index (χ0) is 11.5. The number of carbonyl (C=O) groups is 1. The summed E-state index contributed by atoms with van der Waals surface area (Å²) in [5, 5.41) is 0. The normalized spacial score (nSPS) is 25.5. The lowest BCUT2D eigenvalue weighted by molar-refractivity contribution is -0.123. The predicted octanol–water partition coefficient (Wildman–Crippen LogP) is 3.17. The van der Waals surface area contributed by atoms with E-state index in [2.05, 4.69) is 6.92 Å². The highest BCUT2D eigenvalue weighted by Crippen LogP contribution is 2.35. The second kappa shape index (κ2) is 4.69. The van der Waals surface area contributed by atoms with Crippen LogP contribution in [-0.2, 0) is 4.79 Å². The van der Waals surface area contributed by atoms with Crippen LogP contribution in [0.1, 0.15) is 37.7 Å². The van der Waals surface area contributed by atoms with E-state index < -0.39 is 0 Å². The minimum absolute atomic E-state index is 0.0969. The molecule has 16 heavy (non-hydrogen) atoms. The van der Waals surface area contributed by atoms with Gasteiger partial charge in [0, 0.05) is 12.3 Å². The first-order valence-electron chi connectivity index (χ1n) is 5.89. The molecule has 0 N–H and O–H groups in total. The molecule has 1 aromatic carbocycles. The first-order chi connectivity index (χ1) is 7.72. The third kappa shape index (κ3) is 2.11. The van der Waals surface area contributed by atoms with Gasteiger partial charge in [0.1, 0.15) is 11.5 Å². The summed E-state index contributed by atoms with van der Waals surface area (Å²) >= 11 is 0. The van der Waals surface area contributed by atoms with Crippen molar-refractivity contribution in [1.82, 2.24) is 0 Å². The lowest BCUT2D eigenvalue weighted by atomic mass is 9.75. The number of ether oxygens (including phenoxy) is 1. The minimum Gasteiger partial charge on any atom is -0.497 e. The van der Waals surface area contributed by atoms with Crippen LogP contribution in [0.25, 0.3) is 0 Å². The summed E-state index contributed by atoms with van der Waals surface area (Å²) < 4.78 is 5.13. The Morgan fingerprint density at radius 2 is 1.94 bits per heavy atom. The lowest BCUT2D eigenvalue weighted by Gasteiger charge is -2.27. The zero-order valence-electron chi connectivity index (χ0n) is 9.90. The van der Waals surface area contributed by atoms with Crippen molar-refractivity contribution < 1.29 is 9.53 Å². The number of Topliss-reactive ketones (excluding diaryl/α,β-unsaturated/α-hetero) is 1. The molecule has 2 nitrogen and oxygen atoms in total. The van der Waals surface area contributed by atoms with Gasteiger partial charge < -0.3 is 4.74 Å². The van der Waals surface area contributed by atoms with E-state index in [0.717, 1.165) is 30.6 Å². The van der Waals surface area contributed by atoms with Crippen LogP contribution in [0.2, 0.25) is 0 Å². The Morgan fingerprint density at radius 1 is 1.25 bits per heavy atom. The molecule has 2 rings (SSSR count). The first kappa shape index (κ1) is 11.2. The second-order valence-electron chi connectivity index (χ2n) is 4.59. The van der Waals surface area contributed by atoms with Gasteiger partial charge in [-0.1, -0.05) is 19.1 Å². The maximum atomic E-state index is 11.9. The van der Waals surface area contributed by atoms with E-state index in [4.69, 9.17) is 4.74 Å². The number of ketones is 1. The Morgan fingerprint density at radius 3 is 2.50 bits per heavy atom. The van der Waals surface area contributed by atoms with E-state index in [1.807, 2.05) is 24.3 Å².